The fraction of sp³-hybridized carbons (Fsp3) is 0.143. The minimum absolute atomic E-state index is 0.147. The third-order valence-electron chi connectivity index (χ3n) is 3.08. The molecule has 0 aliphatic carbocycles. The first kappa shape index (κ1) is 14.4. The summed E-state index contributed by atoms with van der Waals surface area (Å²) in [6.45, 7) is 0. The maximum atomic E-state index is 11.6. The van der Waals surface area contributed by atoms with Crippen LogP contribution in [0.25, 0.3) is 11.1 Å². The Bertz CT molecular complexity index is 779. The molecule has 0 aliphatic heterocycles. The molecule has 0 N–H and O–H groups in total. The maximum absolute atomic E-state index is 11.6. The van der Waals surface area contributed by atoms with Gasteiger partial charge >= 0.3 is 0 Å². The van der Waals surface area contributed by atoms with Crippen molar-refractivity contribution in [3.05, 3.63) is 56.5 Å². The number of benzene rings is 1. The number of carbonyl (C=O) groups is 1. The SMILES string of the molecule is COc1cc(=O)n(C)cc1-c1cc([N+](=O)[O-])ccc1C=O. The number of nitrogens with zero attached hydrogens (tertiary/aromatic N) is 2. The van der Waals surface area contributed by atoms with Crippen LogP contribution in [0.4, 0.5) is 5.69 Å². The average Bonchev–Trinajstić information content (AvgIpc) is 2.48. The van der Waals surface area contributed by atoms with Crippen LogP contribution < -0.4 is 10.3 Å². The molecule has 0 radical (unpaired) electrons. The van der Waals surface area contributed by atoms with Crippen molar-refractivity contribution in [1.82, 2.24) is 4.57 Å². The van der Waals surface area contributed by atoms with Crippen molar-refractivity contribution in [2.24, 2.45) is 7.05 Å². The Morgan fingerprint density at radius 2 is 2.00 bits per heavy atom. The van der Waals surface area contributed by atoms with E-state index in [0.29, 0.717) is 17.4 Å². The van der Waals surface area contributed by atoms with Gasteiger partial charge in [-0.1, -0.05) is 0 Å². The van der Waals surface area contributed by atoms with E-state index in [-0.39, 0.29) is 22.6 Å². The Balaban J connectivity index is 2.78. The summed E-state index contributed by atoms with van der Waals surface area (Å²) in [5.41, 5.74) is 0.620. The number of nitro benzene ring substituents is 1. The summed E-state index contributed by atoms with van der Waals surface area (Å²) in [6, 6.07) is 5.17. The van der Waals surface area contributed by atoms with Crippen LogP contribution in [-0.4, -0.2) is 22.9 Å². The van der Waals surface area contributed by atoms with E-state index in [0.717, 1.165) is 0 Å². The Morgan fingerprint density at radius 3 is 2.57 bits per heavy atom. The molecule has 0 saturated carbocycles. The van der Waals surface area contributed by atoms with Gasteiger partial charge in [0.1, 0.15) is 5.75 Å². The average molecular weight is 288 g/mol. The summed E-state index contributed by atoms with van der Waals surface area (Å²) < 4.78 is 6.45. The molecule has 7 nitrogen and oxygen atoms in total. The van der Waals surface area contributed by atoms with Crippen molar-refractivity contribution < 1.29 is 14.5 Å². The van der Waals surface area contributed by atoms with Gasteiger partial charge in [0, 0.05) is 48.1 Å². The Kier molecular flexibility index (Phi) is 3.84. The van der Waals surface area contributed by atoms with Crippen LogP contribution in [0.15, 0.2) is 35.3 Å². The highest BCUT2D eigenvalue weighted by Crippen LogP contribution is 2.32. The molecule has 0 aliphatic rings. The monoisotopic (exact) mass is 288 g/mol. The van der Waals surface area contributed by atoms with E-state index in [1.807, 2.05) is 0 Å². The molecule has 2 rings (SSSR count). The Hall–Kier alpha value is -2.96. The lowest BCUT2D eigenvalue weighted by Gasteiger charge is -2.11. The molecule has 1 aromatic heterocycles. The predicted molar refractivity (Wildman–Crippen MR) is 75.7 cm³/mol. The standard InChI is InChI=1S/C14H12N2O5/c1-15-7-12(13(21-2)6-14(15)18)11-5-10(16(19)20)4-3-9(11)8-17/h3-8H,1-2H3. The number of pyridine rings is 1. The van der Waals surface area contributed by atoms with Gasteiger partial charge in [0.25, 0.3) is 11.2 Å². The van der Waals surface area contributed by atoms with Gasteiger partial charge in [0.15, 0.2) is 6.29 Å². The number of ether oxygens (including phenoxy) is 1. The van der Waals surface area contributed by atoms with Gasteiger partial charge < -0.3 is 9.30 Å². The van der Waals surface area contributed by atoms with E-state index in [2.05, 4.69) is 0 Å². The van der Waals surface area contributed by atoms with E-state index >= 15 is 0 Å². The van der Waals surface area contributed by atoms with Crippen LogP contribution in [0.1, 0.15) is 10.4 Å². The Labute approximate surface area is 119 Å². The number of aromatic nitrogens is 1. The zero-order valence-corrected chi connectivity index (χ0v) is 11.4. The third-order valence-corrected chi connectivity index (χ3v) is 3.08. The van der Waals surface area contributed by atoms with Crippen molar-refractivity contribution in [2.45, 2.75) is 0 Å². The zero-order valence-electron chi connectivity index (χ0n) is 11.4. The van der Waals surface area contributed by atoms with Crippen molar-refractivity contribution >= 4 is 12.0 Å². The maximum Gasteiger partial charge on any atom is 0.270 e. The van der Waals surface area contributed by atoms with Crippen LogP contribution in [0.2, 0.25) is 0 Å². The van der Waals surface area contributed by atoms with Crippen molar-refractivity contribution in [1.29, 1.82) is 0 Å². The molecule has 0 spiro atoms. The summed E-state index contributed by atoms with van der Waals surface area (Å²) >= 11 is 0. The Morgan fingerprint density at radius 1 is 1.29 bits per heavy atom. The molecular weight excluding hydrogens is 276 g/mol. The number of non-ortho nitro benzene ring substituents is 1. The second kappa shape index (κ2) is 5.58. The zero-order chi connectivity index (χ0) is 15.6. The molecule has 7 heteroatoms. The lowest BCUT2D eigenvalue weighted by molar-refractivity contribution is -0.384. The summed E-state index contributed by atoms with van der Waals surface area (Å²) in [5.74, 6) is 0.252. The molecule has 0 atom stereocenters. The molecule has 1 aromatic carbocycles. The predicted octanol–water partition coefficient (Wildman–Crippen LogP) is 1.78. The third kappa shape index (κ3) is 2.66. The van der Waals surface area contributed by atoms with E-state index in [1.165, 1.54) is 42.1 Å². The van der Waals surface area contributed by atoms with Crippen LogP contribution in [0.5, 0.6) is 5.75 Å². The minimum atomic E-state index is -0.549. The number of aryl methyl sites for hydroxylation is 1. The smallest absolute Gasteiger partial charge is 0.270 e. The fourth-order valence-electron chi connectivity index (χ4n) is 1.98. The molecule has 0 unspecified atom stereocenters. The molecule has 2 aromatic rings. The summed E-state index contributed by atoms with van der Waals surface area (Å²) in [5, 5.41) is 10.9. The molecule has 0 saturated heterocycles. The molecule has 0 bridgehead atoms. The van der Waals surface area contributed by atoms with Crippen LogP contribution in [-0.2, 0) is 7.05 Å². The van der Waals surface area contributed by atoms with E-state index in [9.17, 15) is 19.7 Å². The van der Waals surface area contributed by atoms with Gasteiger partial charge in [-0.15, -0.1) is 0 Å². The van der Waals surface area contributed by atoms with Crippen LogP contribution in [0.3, 0.4) is 0 Å². The topological polar surface area (TPSA) is 91.4 Å². The molecular formula is C14H12N2O5. The number of aldehydes is 1. The highest BCUT2D eigenvalue weighted by molar-refractivity contribution is 5.90. The molecule has 0 amide bonds. The van der Waals surface area contributed by atoms with Gasteiger partial charge in [-0.2, -0.15) is 0 Å². The molecule has 108 valence electrons. The fourth-order valence-corrected chi connectivity index (χ4v) is 1.98. The lowest BCUT2D eigenvalue weighted by Crippen LogP contribution is -2.15. The van der Waals surface area contributed by atoms with E-state index < -0.39 is 4.92 Å². The number of carbonyl (C=O) groups excluding carboxylic acids is 1. The number of hydrogen-bond donors (Lipinski definition) is 0. The number of methoxy groups -OCH3 is 1. The first-order valence-corrected chi connectivity index (χ1v) is 5.96. The minimum Gasteiger partial charge on any atom is -0.496 e. The largest absolute Gasteiger partial charge is 0.496 e. The van der Waals surface area contributed by atoms with Gasteiger partial charge in [-0.25, -0.2) is 0 Å². The van der Waals surface area contributed by atoms with Crippen molar-refractivity contribution in [3.63, 3.8) is 0 Å². The number of hydrogen-bond acceptors (Lipinski definition) is 5. The molecule has 0 fully saturated rings. The summed E-state index contributed by atoms with van der Waals surface area (Å²) in [6.07, 6.45) is 2.08. The van der Waals surface area contributed by atoms with Gasteiger partial charge in [-0.05, 0) is 6.07 Å². The van der Waals surface area contributed by atoms with E-state index in [1.54, 1.807) is 7.05 Å². The number of nitro groups is 1. The second-order valence-corrected chi connectivity index (χ2v) is 4.35. The molecule has 21 heavy (non-hydrogen) atoms. The van der Waals surface area contributed by atoms with E-state index in [4.69, 9.17) is 4.74 Å². The van der Waals surface area contributed by atoms with Crippen molar-refractivity contribution in [3.8, 4) is 16.9 Å². The van der Waals surface area contributed by atoms with Gasteiger partial charge in [0.2, 0.25) is 0 Å². The molecule has 1 heterocycles. The summed E-state index contributed by atoms with van der Waals surface area (Å²) in [4.78, 5) is 33.1. The van der Waals surface area contributed by atoms with Crippen LogP contribution in [0, 0.1) is 10.1 Å². The van der Waals surface area contributed by atoms with Crippen LogP contribution >= 0.6 is 0 Å². The normalized spacial score (nSPS) is 10.2. The van der Waals surface area contributed by atoms with Gasteiger partial charge in [0.05, 0.1) is 12.0 Å². The van der Waals surface area contributed by atoms with Gasteiger partial charge in [-0.3, -0.25) is 19.7 Å². The van der Waals surface area contributed by atoms with Crippen molar-refractivity contribution in [2.75, 3.05) is 7.11 Å². The number of rotatable bonds is 4. The quantitative estimate of drug-likeness (QED) is 0.486. The second-order valence-electron chi connectivity index (χ2n) is 4.35. The highest BCUT2D eigenvalue weighted by atomic mass is 16.6. The first-order chi connectivity index (χ1) is 9.97. The summed E-state index contributed by atoms with van der Waals surface area (Å²) in [7, 11) is 2.93. The lowest BCUT2D eigenvalue weighted by atomic mass is 10.00. The first-order valence-electron chi connectivity index (χ1n) is 5.96. The highest BCUT2D eigenvalue weighted by Gasteiger charge is 2.16.